The second-order valence-corrected chi connectivity index (χ2v) is 5.82. The van der Waals surface area contributed by atoms with Crippen LogP contribution in [0.3, 0.4) is 0 Å². The van der Waals surface area contributed by atoms with Crippen LogP contribution in [0.2, 0.25) is 0 Å². The average Bonchev–Trinajstić information content (AvgIpc) is 2.35. The van der Waals surface area contributed by atoms with Crippen molar-refractivity contribution in [3.8, 4) is 0 Å². The number of carboxylic acid groups (broad SMARTS) is 1. The van der Waals surface area contributed by atoms with Crippen LogP contribution in [0.4, 0.5) is 5.69 Å². The summed E-state index contributed by atoms with van der Waals surface area (Å²) in [5.74, 6) is -1.94. The van der Waals surface area contributed by atoms with Crippen molar-refractivity contribution >= 4 is 21.7 Å². The van der Waals surface area contributed by atoms with Crippen LogP contribution < -0.4 is 4.72 Å². The molecule has 0 aliphatic heterocycles. The van der Waals surface area contributed by atoms with Gasteiger partial charge in [-0.05, 0) is 6.42 Å². The first-order valence-electron chi connectivity index (χ1n) is 5.72. The number of rotatable bonds is 7. The van der Waals surface area contributed by atoms with Gasteiger partial charge < -0.3 is 5.11 Å². The van der Waals surface area contributed by atoms with E-state index >= 15 is 0 Å². The molecule has 0 fully saturated rings. The second kappa shape index (κ2) is 6.44. The lowest BCUT2D eigenvalue weighted by atomic mass is 10.2. The third-order valence-electron chi connectivity index (χ3n) is 2.56. The van der Waals surface area contributed by atoms with E-state index in [2.05, 4.69) is 0 Å². The summed E-state index contributed by atoms with van der Waals surface area (Å²) in [6.07, 6.45) is 0.0748. The Morgan fingerprint density at radius 2 is 2.05 bits per heavy atom. The van der Waals surface area contributed by atoms with Crippen LogP contribution in [0.25, 0.3) is 0 Å². The Morgan fingerprint density at radius 3 is 2.55 bits per heavy atom. The highest BCUT2D eigenvalue weighted by atomic mass is 32.2. The van der Waals surface area contributed by atoms with E-state index in [0.717, 1.165) is 0 Å². The number of hydrogen-bond acceptors (Lipinski definition) is 5. The summed E-state index contributed by atoms with van der Waals surface area (Å²) in [7, 11) is -3.98. The van der Waals surface area contributed by atoms with E-state index in [4.69, 9.17) is 5.11 Å². The molecule has 0 bridgehead atoms. The summed E-state index contributed by atoms with van der Waals surface area (Å²) in [6.45, 7) is 1.52. The van der Waals surface area contributed by atoms with Gasteiger partial charge in [-0.2, -0.15) is 0 Å². The first-order valence-corrected chi connectivity index (χ1v) is 7.37. The number of sulfonamides is 1. The molecule has 0 radical (unpaired) electrons. The quantitative estimate of drug-likeness (QED) is 0.568. The van der Waals surface area contributed by atoms with Crippen LogP contribution in [0.1, 0.15) is 18.9 Å². The Hall–Kier alpha value is -2.00. The standard InChI is InChI=1S/C11H14N2O6S/c1-2-9(11(14)15)12-20(18,19)7-8-5-3-4-6-10(8)13(16)17/h3-6,9,12H,2,7H2,1H3,(H,14,15)/t9-/m1/s1. The summed E-state index contributed by atoms with van der Waals surface area (Å²) in [4.78, 5) is 20.9. The Kier molecular flexibility index (Phi) is 5.17. The van der Waals surface area contributed by atoms with E-state index in [1.807, 2.05) is 4.72 Å². The summed E-state index contributed by atoms with van der Waals surface area (Å²) < 4.78 is 25.7. The SMILES string of the molecule is CC[C@@H](NS(=O)(=O)Cc1ccccc1[N+](=O)[O-])C(=O)O. The number of nitro benzene ring substituents is 1. The lowest BCUT2D eigenvalue weighted by Crippen LogP contribution is -2.40. The molecule has 0 heterocycles. The number of carbonyl (C=O) groups is 1. The van der Waals surface area contributed by atoms with E-state index in [0.29, 0.717) is 0 Å². The average molecular weight is 302 g/mol. The lowest BCUT2D eigenvalue weighted by Gasteiger charge is -2.12. The first-order chi connectivity index (χ1) is 9.26. The molecule has 0 spiro atoms. The van der Waals surface area contributed by atoms with Gasteiger partial charge in [0.2, 0.25) is 10.0 Å². The number of nitrogens with zero attached hydrogens (tertiary/aromatic N) is 1. The Balaban J connectivity index is 2.97. The molecule has 1 aromatic rings. The van der Waals surface area contributed by atoms with E-state index in [-0.39, 0.29) is 17.7 Å². The van der Waals surface area contributed by atoms with Crippen molar-refractivity contribution in [1.29, 1.82) is 0 Å². The summed E-state index contributed by atoms with van der Waals surface area (Å²) >= 11 is 0. The summed E-state index contributed by atoms with van der Waals surface area (Å²) in [6, 6.07) is 4.17. The van der Waals surface area contributed by atoms with Gasteiger partial charge in [-0.25, -0.2) is 13.1 Å². The molecule has 1 rings (SSSR count). The van der Waals surface area contributed by atoms with Crippen molar-refractivity contribution < 1.29 is 23.2 Å². The highest BCUT2D eigenvalue weighted by molar-refractivity contribution is 7.88. The van der Waals surface area contributed by atoms with E-state index in [1.54, 1.807) is 0 Å². The highest BCUT2D eigenvalue weighted by Crippen LogP contribution is 2.19. The fourth-order valence-corrected chi connectivity index (χ4v) is 3.02. The van der Waals surface area contributed by atoms with Crippen LogP contribution in [0, 0.1) is 10.1 Å². The molecule has 1 aromatic carbocycles. The Morgan fingerprint density at radius 1 is 1.45 bits per heavy atom. The number of para-hydroxylation sites is 1. The predicted octanol–water partition coefficient (Wildman–Crippen LogP) is 0.877. The minimum absolute atomic E-state index is 0.00485. The highest BCUT2D eigenvalue weighted by Gasteiger charge is 2.25. The maximum atomic E-state index is 11.9. The molecule has 2 N–H and O–H groups in total. The van der Waals surface area contributed by atoms with Crippen molar-refractivity contribution in [2.75, 3.05) is 0 Å². The maximum Gasteiger partial charge on any atom is 0.321 e. The third-order valence-corrected chi connectivity index (χ3v) is 3.90. The van der Waals surface area contributed by atoms with Gasteiger partial charge in [0.15, 0.2) is 0 Å². The Labute approximate surface area is 115 Å². The molecule has 0 aromatic heterocycles. The largest absolute Gasteiger partial charge is 0.480 e. The van der Waals surface area contributed by atoms with Crippen molar-refractivity contribution in [2.24, 2.45) is 0 Å². The number of aliphatic carboxylic acids is 1. The fraction of sp³-hybridized carbons (Fsp3) is 0.364. The molecule has 20 heavy (non-hydrogen) atoms. The smallest absolute Gasteiger partial charge is 0.321 e. The molecule has 110 valence electrons. The lowest BCUT2D eigenvalue weighted by molar-refractivity contribution is -0.385. The van der Waals surface area contributed by atoms with Crippen LogP contribution in [-0.4, -0.2) is 30.5 Å². The van der Waals surface area contributed by atoms with Gasteiger partial charge in [0.25, 0.3) is 5.69 Å². The van der Waals surface area contributed by atoms with Gasteiger partial charge >= 0.3 is 5.97 Å². The van der Waals surface area contributed by atoms with Crippen molar-refractivity contribution in [2.45, 2.75) is 25.1 Å². The van der Waals surface area contributed by atoms with Gasteiger partial charge in [-0.15, -0.1) is 0 Å². The fourth-order valence-electron chi connectivity index (χ4n) is 1.58. The molecule has 8 nitrogen and oxygen atoms in total. The second-order valence-electron chi connectivity index (χ2n) is 4.06. The zero-order chi connectivity index (χ0) is 15.3. The predicted molar refractivity (Wildman–Crippen MR) is 70.6 cm³/mol. The van der Waals surface area contributed by atoms with Gasteiger partial charge in [-0.3, -0.25) is 14.9 Å². The molecule has 0 aliphatic carbocycles. The van der Waals surface area contributed by atoms with Gasteiger partial charge in [0.05, 0.1) is 10.7 Å². The van der Waals surface area contributed by atoms with E-state index in [9.17, 15) is 23.3 Å². The van der Waals surface area contributed by atoms with Crippen molar-refractivity contribution in [3.05, 3.63) is 39.9 Å². The van der Waals surface area contributed by atoms with Crippen LogP contribution in [-0.2, 0) is 20.6 Å². The van der Waals surface area contributed by atoms with Crippen molar-refractivity contribution in [1.82, 2.24) is 4.72 Å². The summed E-state index contributed by atoms with van der Waals surface area (Å²) in [5.41, 5.74) is -0.313. The topological polar surface area (TPSA) is 127 Å². The molecule has 0 unspecified atom stereocenters. The number of hydrogen-bond donors (Lipinski definition) is 2. The molecule has 9 heteroatoms. The molecule has 0 saturated carbocycles. The first kappa shape index (κ1) is 16.1. The van der Waals surface area contributed by atoms with Crippen LogP contribution in [0.15, 0.2) is 24.3 Å². The zero-order valence-electron chi connectivity index (χ0n) is 10.6. The van der Waals surface area contributed by atoms with Crippen LogP contribution >= 0.6 is 0 Å². The monoisotopic (exact) mass is 302 g/mol. The van der Waals surface area contributed by atoms with E-state index in [1.165, 1.54) is 31.2 Å². The van der Waals surface area contributed by atoms with Gasteiger partial charge in [0, 0.05) is 11.6 Å². The number of nitro groups is 1. The third kappa shape index (κ3) is 4.28. The zero-order valence-corrected chi connectivity index (χ0v) is 11.5. The summed E-state index contributed by atoms with van der Waals surface area (Å²) in [5, 5.41) is 19.6. The van der Waals surface area contributed by atoms with E-state index < -0.39 is 32.7 Å². The van der Waals surface area contributed by atoms with Gasteiger partial charge in [0.1, 0.15) is 6.04 Å². The van der Waals surface area contributed by atoms with Crippen molar-refractivity contribution in [3.63, 3.8) is 0 Å². The molecule has 0 saturated heterocycles. The minimum atomic E-state index is -3.98. The molecule has 0 amide bonds. The molecular weight excluding hydrogens is 288 g/mol. The maximum absolute atomic E-state index is 11.9. The van der Waals surface area contributed by atoms with Crippen LogP contribution in [0.5, 0.6) is 0 Å². The number of benzene rings is 1. The number of carboxylic acids is 1. The Bertz CT molecular complexity index is 613. The minimum Gasteiger partial charge on any atom is -0.480 e. The number of nitrogens with one attached hydrogen (secondary N) is 1. The molecule has 1 atom stereocenters. The molecule has 0 aliphatic rings. The normalized spacial score (nSPS) is 12.8. The van der Waals surface area contributed by atoms with Gasteiger partial charge in [-0.1, -0.05) is 25.1 Å². The molecular formula is C11H14N2O6S.